The number of aliphatic hydroxyl groups is 1. The number of piperidine rings is 1. The molecule has 2 heterocycles. The van der Waals surface area contributed by atoms with E-state index in [4.69, 9.17) is 4.74 Å². The fraction of sp³-hybridized carbons (Fsp3) is 0.929. The van der Waals surface area contributed by atoms with E-state index < -0.39 is 0 Å². The van der Waals surface area contributed by atoms with E-state index >= 15 is 0 Å². The molecule has 0 saturated carbocycles. The van der Waals surface area contributed by atoms with Crippen molar-refractivity contribution in [3.05, 3.63) is 0 Å². The van der Waals surface area contributed by atoms with Crippen LogP contribution in [0.5, 0.6) is 0 Å². The first-order valence-electron chi connectivity index (χ1n) is 7.38. The highest BCUT2D eigenvalue weighted by Crippen LogP contribution is 2.17. The highest BCUT2D eigenvalue weighted by Gasteiger charge is 2.29. The number of hydrogen-bond donors (Lipinski definition) is 1. The number of carbonyl (C=O) groups is 1. The van der Waals surface area contributed by atoms with Crippen LogP contribution >= 0.6 is 0 Å². The van der Waals surface area contributed by atoms with Crippen LogP contribution in [0.25, 0.3) is 0 Å². The van der Waals surface area contributed by atoms with Crippen LogP contribution in [0, 0.1) is 0 Å². The van der Waals surface area contributed by atoms with E-state index in [0.29, 0.717) is 19.6 Å². The molecule has 0 radical (unpaired) electrons. The van der Waals surface area contributed by atoms with E-state index in [-0.39, 0.29) is 30.8 Å². The van der Waals surface area contributed by atoms with Gasteiger partial charge in [-0.25, -0.2) is 0 Å². The summed E-state index contributed by atoms with van der Waals surface area (Å²) in [6.45, 7) is 6.89. The number of carbonyl (C=O) groups excluding carboxylic acids is 1. The molecule has 2 aliphatic heterocycles. The first-order chi connectivity index (χ1) is 9.10. The Bertz CT molecular complexity index is 301. The molecule has 2 aliphatic rings. The zero-order valence-electron chi connectivity index (χ0n) is 12.0. The van der Waals surface area contributed by atoms with Gasteiger partial charge in [0.1, 0.15) is 0 Å². The van der Waals surface area contributed by atoms with Gasteiger partial charge in [-0.2, -0.15) is 0 Å². The Kier molecular flexibility index (Phi) is 5.19. The predicted molar refractivity (Wildman–Crippen MR) is 72.9 cm³/mol. The molecule has 0 bridgehead atoms. The maximum absolute atomic E-state index is 12.4. The minimum atomic E-state index is 0.114. The largest absolute Gasteiger partial charge is 0.395 e. The summed E-state index contributed by atoms with van der Waals surface area (Å²) in [4.78, 5) is 16.4. The molecule has 19 heavy (non-hydrogen) atoms. The SMILES string of the molecule is CC1CN(C(=O)CN2CCCCC2CO)CC(C)O1. The van der Waals surface area contributed by atoms with E-state index in [1.54, 1.807) is 0 Å². The Morgan fingerprint density at radius 2 is 1.95 bits per heavy atom. The summed E-state index contributed by atoms with van der Waals surface area (Å²) in [5.41, 5.74) is 0. The lowest BCUT2D eigenvalue weighted by molar-refractivity contribution is -0.145. The molecule has 3 atom stereocenters. The van der Waals surface area contributed by atoms with Crippen molar-refractivity contribution < 1.29 is 14.6 Å². The van der Waals surface area contributed by atoms with Crippen LogP contribution in [-0.4, -0.2) is 71.8 Å². The Morgan fingerprint density at radius 3 is 2.58 bits per heavy atom. The van der Waals surface area contributed by atoms with Gasteiger partial charge in [0.25, 0.3) is 0 Å². The van der Waals surface area contributed by atoms with Gasteiger partial charge in [0.05, 0.1) is 25.4 Å². The predicted octanol–water partition coefficient (Wildman–Crippen LogP) is 0.469. The number of likely N-dealkylation sites (tertiary alicyclic amines) is 1. The molecule has 5 nitrogen and oxygen atoms in total. The third-order valence-corrected chi connectivity index (χ3v) is 4.07. The maximum atomic E-state index is 12.4. The van der Waals surface area contributed by atoms with Crippen LogP contribution in [-0.2, 0) is 9.53 Å². The lowest BCUT2D eigenvalue weighted by atomic mass is 10.0. The number of nitrogens with zero attached hydrogens (tertiary/aromatic N) is 2. The summed E-state index contributed by atoms with van der Waals surface area (Å²) >= 11 is 0. The highest BCUT2D eigenvalue weighted by atomic mass is 16.5. The number of rotatable bonds is 3. The van der Waals surface area contributed by atoms with Crippen molar-refractivity contribution in [3.8, 4) is 0 Å². The third-order valence-electron chi connectivity index (χ3n) is 4.07. The number of ether oxygens (including phenoxy) is 1. The van der Waals surface area contributed by atoms with Crippen LogP contribution in [0.3, 0.4) is 0 Å². The van der Waals surface area contributed by atoms with Gasteiger partial charge in [-0.3, -0.25) is 9.69 Å². The Balaban J connectivity index is 1.88. The minimum absolute atomic E-state index is 0.114. The van der Waals surface area contributed by atoms with Gasteiger partial charge < -0.3 is 14.7 Å². The smallest absolute Gasteiger partial charge is 0.236 e. The molecule has 0 aromatic heterocycles. The normalized spacial score (nSPS) is 33.4. The van der Waals surface area contributed by atoms with Gasteiger partial charge in [-0.05, 0) is 33.2 Å². The van der Waals surface area contributed by atoms with Crippen molar-refractivity contribution >= 4 is 5.91 Å². The molecule has 2 rings (SSSR count). The molecule has 0 aromatic carbocycles. The van der Waals surface area contributed by atoms with E-state index in [0.717, 1.165) is 25.8 Å². The summed E-state index contributed by atoms with van der Waals surface area (Å²) in [5.74, 6) is 0.169. The number of aliphatic hydroxyl groups excluding tert-OH is 1. The monoisotopic (exact) mass is 270 g/mol. The van der Waals surface area contributed by atoms with Crippen molar-refractivity contribution in [2.24, 2.45) is 0 Å². The fourth-order valence-corrected chi connectivity index (χ4v) is 3.13. The summed E-state index contributed by atoms with van der Waals surface area (Å²) in [6, 6.07) is 0.161. The van der Waals surface area contributed by atoms with Gasteiger partial charge in [-0.1, -0.05) is 6.42 Å². The van der Waals surface area contributed by atoms with Crippen molar-refractivity contribution in [1.29, 1.82) is 0 Å². The lowest BCUT2D eigenvalue weighted by Crippen LogP contribution is -2.53. The van der Waals surface area contributed by atoms with Gasteiger partial charge in [0, 0.05) is 19.1 Å². The first-order valence-corrected chi connectivity index (χ1v) is 7.38. The average Bonchev–Trinajstić information content (AvgIpc) is 2.38. The van der Waals surface area contributed by atoms with E-state index in [1.165, 1.54) is 0 Å². The topological polar surface area (TPSA) is 53.0 Å². The lowest BCUT2D eigenvalue weighted by Gasteiger charge is -2.39. The van der Waals surface area contributed by atoms with Gasteiger partial charge >= 0.3 is 0 Å². The Morgan fingerprint density at radius 1 is 1.26 bits per heavy atom. The van der Waals surface area contributed by atoms with Crippen LogP contribution in [0.15, 0.2) is 0 Å². The zero-order chi connectivity index (χ0) is 13.8. The second kappa shape index (κ2) is 6.68. The van der Waals surface area contributed by atoms with Crippen LogP contribution in [0.1, 0.15) is 33.1 Å². The number of amides is 1. The Labute approximate surface area is 115 Å². The number of morpholine rings is 1. The van der Waals surface area contributed by atoms with E-state index in [2.05, 4.69) is 4.90 Å². The summed E-state index contributed by atoms with van der Waals surface area (Å²) in [5, 5.41) is 9.38. The molecule has 3 unspecified atom stereocenters. The van der Waals surface area contributed by atoms with Crippen LogP contribution < -0.4 is 0 Å². The van der Waals surface area contributed by atoms with Crippen molar-refractivity contribution in [1.82, 2.24) is 9.80 Å². The van der Waals surface area contributed by atoms with Crippen molar-refractivity contribution in [2.75, 3.05) is 32.8 Å². The first kappa shape index (κ1) is 14.8. The standard InChI is InChI=1S/C14H26N2O3/c1-11-7-16(8-12(2)19-11)14(18)9-15-6-4-3-5-13(15)10-17/h11-13,17H,3-10H2,1-2H3. The minimum Gasteiger partial charge on any atom is -0.395 e. The fourth-order valence-electron chi connectivity index (χ4n) is 3.13. The van der Waals surface area contributed by atoms with Gasteiger partial charge in [0.2, 0.25) is 5.91 Å². The summed E-state index contributed by atoms with van der Waals surface area (Å²) < 4.78 is 5.65. The van der Waals surface area contributed by atoms with Crippen molar-refractivity contribution in [2.45, 2.75) is 51.4 Å². The molecule has 2 saturated heterocycles. The van der Waals surface area contributed by atoms with Gasteiger partial charge in [-0.15, -0.1) is 0 Å². The summed E-state index contributed by atoms with van der Waals surface area (Å²) in [6.07, 6.45) is 3.51. The molecule has 5 heteroatoms. The average molecular weight is 270 g/mol. The molecule has 0 aromatic rings. The van der Waals surface area contributed by atoms with Crippen LogP contribution in [0.4, 0.5) is 0 Å². The second-order valence-corrected chi connectivity index (χ2v) is 5.86. The molecular weight excluding hydrogens is 244 g/mol. The molecule has 1 N–H and O–H groups in total. The molecule has 2 fully saturated rings. The molecule has 110 valence electrons. The van der Waals surface area contributed by atoms with Gasteiger partial charge in [0.15, 0.2) is 0 Å². The van der Waals surface area contributed by atoms with Crippen LogP contribution in [0.2, 0.25) is 0 Å². The van der Waals surface area contributed by atoms with Crippen molar-refractivity contribution in [3.63, 3.8) is 0 Å². The third kappa shape index (κ3) is 3.91. The maximum Gasteiger partial charge on any atom is 0.236 e. The highest BCUT2D eigenvalue weighted by molar-refractivity contribution is 5.78. The number of hydrogen-bond acceptors (Lipinski definition) is 4. The Hall–Kier alpha value is -0.650. The molecular formula is C14H26N2O3. The zero-order valence-corrected chi connectivity index (χ0v) is 12.0. The molecule has 0 spiro atoms. The second-order valence-electron chi connectivity index (χ2n) is 5.86. The van der Waals surface area contributed by atoms with E-state index in [1.807, 2.05) is 18.7 Å². The quantitative estimate of drug-likeness (QED) is 0.810. The molecule has 1 amide bonds. The van der Waals surface area contributed by atoms with E-state index in [9.17, 15) is 9.90 Å². The summed E-state index contributed by atoms with van der Waals surface area (Å²) in [7, 11) is 0. The molecule has 0 aliphatic carbocycles.